The molecular formula is C23H27N3O5. The van der Waals surface area contributed by atoms with E-state index in [1.54, 1.807) is 12.1 Å². The van der Waals surface area contributed by atoms with E-state index in [0.717, 1.165) is 23.3 Å². The molecule has 1 unspecified atom stereocenters. The molecule has 0 spiro atoms. The Kier molecular flexibility index (Phi) is 7.23. The van der Waals surface area contributed by atoms with Gasteiger partial charge in [0, 0.05) is 30.0 Å². The van der Waals surface area contributed by atoms with Crippen molar-refractivity contribution in [1.82, 2.24) is 5.01 Å². The normalized spacial score (nSPS) is 16.1. The second-order valence-corrected chi connectivity index (χ2v) is 7.20. The summed E-state index contributed by atoms with van der Waals surface area (Å²) < 4.78 is 11.4. The Morgan fingerprint density at radius 1 is 1.06 bits per heavy atom. The Morgan fingerprint density at radius 3 is 2.35 bits per heavy atom. The zero-order chi connectivity index (χ0) is 22.4. The minimum atomic E-state index is -0.445. The maximum Gasteiger partial charge on any atom is 0.269 e. The van der Waals surface area contributed by atoms with Gasteiger partial charge in [0.25, 0.3) is 5.69 Å². The molecule has 164 valence electrons. The van der Waals surface area contributed by atoms with Crippen molar-refractivity contribution >= 4 is 17.3 Å². The lowest BCUT2D eigenvalue weighted by Crippen LogP contribution is -2.36. The first-order chi connectivity index (χ1) is 15.0. The van der Waals surface area contributed by atoms with Crippen LogP contribution in [0.4, 0.5) is 5.69 Å². The SMILES string of the molecule is CCOc1ccc(C2=NN(Cc3ccc([N+](=O)[O-])cc3)C(=O)CC2CC)cc1OCC. The van der Waals surface area contributed by atoms with Crippen LogP contribution in [0, 0.1) is 16.0 Å². The lowest BCUT2D eigenvalue weighted by molar-refractivity contribution is -0.384. The van der Waals surface area contributed by atoms with Crippen molar-refractivity contribution in [2.45, 2.75) is 40.2 Å². The highest BCUT2D eigenvalue weighted by molar-refractivity contribution is 6.06. The third-order valence-electron chi connectivity index (χ3n) is 5.14. The largest absolute Gasteiger partial charge is 0.490 e. The number of hydrazone groups is 1. The van der Waals surface area contributed by atoms with Gasteiger partial charge in [-0.05, 0) is 44.0 Å². The number of nitrogens with zero attached hydrogens (tertiary/aromatic N) is 3. The molecule has 0 bridgehead atoms. The molecule has 1 atom stereocenters. The molecule has 0 aromatic heterocycles. The Morgan fingerprint density at radius 2 is 1.74 bits per heavy atom. The van der Waals surface area contributed by atoms with Crippen LogP contribution in [0.1, 0.15) is 44.7 Å². The molecule has 8 nitrogen and oxygen atoms in total. The molecule has 1 amide bonds. The lowest BCUT2D eigenvalue weighted by Gasteiger charge is -2.29. The fourth-order valence-corrected chi connectivity index (χ4v) is 3.54. The number of benzene rings is 2. The van der Waals surface area contributed by atoms with E-state index in [9.17, 15) is 14.9 Å². The molecule has 1 heterocycles. The van der Waals surface area contributed by atoms with Crippen LogP contribution in [-0.2, 0) is 11.3 Å². The summed E-state index contributed by atoms with van der Waals surface area (Å²) in [6.07, 6.45) is 1.15. The maximum absolute atomic E-state index is 12.7. The van der Waals surface area contributed by atoms with Crippen molar-refractivity contribution < 1.29 is 19.2 Å². The van der Waals surface area contributed by atoms with Gasteiger partial charge in [0.15, 0.2) is 11.5 Å². The fourth-order valence-electron chi connectivity index (χ4n) is 3.54. The highest BCUT2D eigenvalue weighted by Crippen LogP contribution is 2.32. The standard InChI is InChI=1S/C23H27N3O5/c1-4-17-14-22(27)25(15-16-7-10-19(11-8-16)26(28)29)24-23(17)18-9-12-20(30-5-2)21(13-18)31-6-3/h7-13,17H,4-6,14-15H2,1-3H3. The number of carbonyl (C=O) groups is 1. The van der Waals surface area contributed by atoms with Gasteiger partial charge in [-0.2, -0.15) is 5.10 Å². The number of amides is 1. The second kappa shape index (κ2) is 10.1. The second-order valence-electron chi connectivity index (χ2n) is 7.20. The lowest BCUT2D eigenvalue weighted by atomic mass is 9.89. The number of hydrogen-bond donors (Lipinski definition) is 0. The summed E-state index contributed by atoms with van der Waals surface area (Å²) in [5, 5.41) is 17.0. The Bertz CT molecular complexity index is 972. The number of rotatable bonds is 9. The quantitative estimate of drug-likeness (QED) is 0.434. The van der Waals surface area contributed by atoms with Crippen LogP contribution in [0.5, 0.6) is 11.5 Å². The monoisotopic (exact) mass is 425 g/mol. The van der Waals surface area contributed by atoms with E-state index < -0.39 is 4.92 Å². The number of nitro groups is 1. The molecule has 1 aliphatic heterocycles. The zero-order valence-corrected chi connectivity index (χ0v) is 18.0. The van der Waals surface area contributed by atoms with Crippen LogP contribution in [-0.4, -0.2) is 34.8 Å². The minimum absolute atomic E-state index is 0.00744. The average molecular weight is 425 g/mol. The van der Waals surface area contributed by atoms with Crippen molar-refractivity contribution in [3.63, 3.8) is 0 Å². The van der Waals surface area contributed by atoms with Gasteiger partial charge in [0.05, 0.1) is 30.4 Å². The summed E-state index contributed by atoms with van der Waals surface area (Å²) in [6.45, 7) is 7.18. The first-order valence-electron chi connectivity index (χ1n) is 10.5. The molecule has 0 saturated carbocycles. The third kappa shape index (κ3) is 5.20. The number of nitro benzene ring substituents is 1. The Labute approximate surface area is 181 Å². The molecule has 2 aromatic carbocycles. The van der Waals surface area contributed by atoms with Gasteiger partial charge in [-0.1, -0.05) is 19.1 Å². The number of hydrogen-bond acceptors (Lipinski definition) is 6. The Hall–Kier alpha value is -3.42. The first-order valence-corrected chi connectivity index (χ1v) is 10.5. The van der Waals surface area contributed by atoms with Gasteiger partial charge in [-0.25, -0.2) is 5.01 Å². The molecular weight excluding hydrogens is 398 g/mol. The van der Waals surface area contributed by atoms with E-state index in [1.165, 1.54) is 17.1 Å². The fraction of sp³-hybridized carbons (Fsp3) is 0.391. The van der Waals surface area contributed by atoms with Crippen molar-refractivity contribution in [3.05, 3.63) is 63.7 Å². The topological polar surface area (TPSA) is 94.3 Å². The van der Waals surface area contributed by atoms with Crippen molar-refractivity contribution in [3.8, 4) is 11.5 Å². The van der Waals surface area contributed by atoms with Crippen molar-refractivity contribution in [1.29, 1.82) is 0 Å². The van der Waals surface area contributed by atoms with Gasteiger partial charge in [0.2, 0.25) is 5.91 Å². The number of ether oxygens (including phenoxy) is 2. The van der Waals surface area contributed by atoms with Crippen LogP contribution in [0.15, 0.2) is 47.6 Å². The number of non-ortho nitro benzene ring substituents is 1. The summed E-state index contributed by atoms with van der Waals surface area (Å²) in [5.41, 5.74) is 2.51. The van der Waals surface area contributed by atoms with Crippen LogP contribution < -0.4 is 9.47 Å². The van der Waals surface area contributed by atoms with E-state index in [2.05, 4.69) is 5.10 Å². The summed E-state index contributed by atoms with van der Waals surface area (Å²) >= 11 is 0. The summed E-state index contributed by atoms with van der Waals surface area (Å²) in [7, 11) is 0. The van der Waals surface area contributed by atoms with E-state index in [4.69, 9.17) is 9.47 Å². The predicted octanol–water partition coefficient (Wildman–Crippen LogP) is 4.56. The summed E-state index contributed by atoms with van der Waals surface area (Å²) in [4.78, 5) is 23.1. The van der Waals surface area contributed by atoms with Gasteiger partial charge in [-0.15, -0.1) is 0 Å². The molecule has 2 aromatic rings. The zero-order valence-electron chi connectivity index (χ0n) is 18.0. The van der Waals surface area contributed by atoms with Crippen LogP contribution >= 0.6 is 0 Å². The molecule has 8 heteroatoms. The molecule has 0 saturated heterocycles. The van der Waals surface area contributed by atoms with Crippen LogP contribution in [0.25, 0.3) is 0 Å². The number of carbonyl (C=O) groups excluding carboxylic acids is 1. The molecule has 0 N–H and O–H groups in total. The van der Waals surface area contributed by atoms with Crippen LogP contribution in [0.3, 0.4) is 0 Å². The molecule has 0 aliphatic carbocycles. The first kappa shape index (κ1) is 22.3. The van der Waals surface area contributed by atoms with Crippen LogP contribution in [0.2, 0.25) is 0 Å². The highest BCUT2D eigenvalue weighted by atomic mass is 16.6. The molecule has 3 rings (SSSR count). The van der Waals surface area contributed by atoms with E-state index in [1.807, 2.05) is 39.0 Å². The highest BCUT2D eigenvalue weighted by Gasteiger charge is 2.30. The minimum Gasteiger partial charge on any atom is -0.490 e. The molecule has 1 aliphatic rings. The van der Waals surface area contributed by atoms with Crippen molar-refractivity contribution in [2.75, 3.05) is 13.2 Å². The summed E-state index contributed by atoms with van der Waals surface area (Å²) in [5.74, 6) is 1.27. The van der Waals surface area contributed by atoms with Gasteiger partial charge in [0.1, 0.15) is 0 Å². The summed E-state index contributed by atoms with van der Waals surface area (Å²) in [6, 6.07) is 11.9. The van der Waals surface area contributed by atoms with Gasteiger partial charge < -0.3 is 9.47 Å². The molecule has 0 radical (unpaired) electrons. The Balaban J connectivity index is 1.92. The van der Waals surface area contributed by atoms with Gasteiger partial charge in [-0.3, -0.25) is 14.9 Å². The molecule has 0 fully saturated rings. The third-order valence-corrected chi connectivity index (χ3v) is 5.14. The van der Waals surface area contributed by atoms with Crippen molar-refractivity contribution in [2.24, 2.45) is 11.0 Å². The maximum atomic E-state index is 12.7. The van der Waals surface area contributed by atoms with Gasteiger partial charge >= 0.3 is 0 Å². The predicted molar refractivity (Wildman–Crippen MR) is 117 cm³/mol. The van der Waals surface area contributed by atoms with E-state index >= 15 is 0 Å². The van der Waals surface area contributed by atoms with E-state index in [-0.39, 0.29) is 24.1 Å². The average Bonchev–Trinajstić information content (AvgIpc) is 2.76. The smallest absolute Gasteiger partial charge is 0.269 e. The van der Waals surface area contributed by atoms with E-state index in [0.29, 0.717) is 31.1 Å². The molecule has 31 heavy (non-hydrogen) atoms.